The number of rotatable bonds is 2. The molecular formula is C16H18N2O. The fourth-order valence-electron chi connectivity index (χ4n) is 2.41. The van der Waals surface area contributed by atoms with Crippen LogP contribution in [0.3, 0.4) is 0 Å². The highest BCUT2D eigenvalue weighted by molar-refractivity contribution is 5.64. The van der Waals surface area contributed by atoms with E-state index >= 15 is 0 Å². The number of aromatic nitrogens is 1. The van der Waals surface area contributed by atoms with Gasteiger partial charge >= 0.3 is 0 Å². The van der Waals surface area contributed by atoms with Crippen LogP contribution < -0.4 is 10.1 Å². The van der Waals surface area contributed by atoms with Gasteiger partial charge in [0.2, 0.25) is 0 Å². The molecule has 3 nitrogen and oxygen atoms in total. The minimum absolute atomic E-state index is 0.506. The molecule has 1 N–H and O–H groups in total. The molecule has 98 valence electrons. The maximum atomic E-state index is 5.18. The second-order valence-electron chi connectivity index (χ2n) is 5.02. The molecule has 0 saturated carbocycles. The molecule has 19 heavy (non-hydrogen) atoms. The van der Waals surface area contributed by atoms with Crippen LogP contribution in [0.1, 0.15) is 18.9 Å². The zero-order valence-corrected chi connectivity index (χ0v) is 11.3. The first-order chi connectivity index (χ1) is 9.26. The van der Waals surface area contributed by atoms with Crippen molar-refractivity contribution < 1.29 is 4.74 Å². The third-order valence-corrected chi connectivity index (χ3v) is 3.59. The van der Waals surface area contributed by atoms with Crippen molar-refractivity contribution in [1.82, 2.24) is 4.98 Å². The highest BCUT2D eigenvalue weighted by Crippen LogP contribution is 2.27. The van der Waals surface area contributed by atoms with E-state index in [-0.39, 0.29) is 0 Å². The molecule has 0 fully saturated rings. The summed E-state index contributed by atoms with van der Waals surface area (Å²) in [5, 5.41) is 3.46. The average molecular weight is 254 g/mol. The molecule has 1 atom stereocenters. The van der Waals surface area contributed by atoms with Gasteiger partial charge in [0.05, 0.1) is 12.8 Å². The lowest BCUT2D eigenvalue weighted by Gasteiger charge is -2.23. The van der Waals surface area contributed by atoms with E-state index in [2.05, 4.69) is 24.4 Å². The Labute approximate surface area is 113 Å². The van der Waals surface area contributed by atoms with E-state index in [1.807, 2.05) is 24.3 Å². The first-order valence-corrected chi connectivity index (χ1v) is 6.67. The van der Waals surface area contributed by atoms with Gasteiger partial charge in [0, 0.05) is 11.6 Å². The normalized spacial score (nSPS) is 17.5. The van der Waals surface area contributed by atoms with Gasteiger partial charge in [-0.15, -0.1) is 0 Å². The van der Waals surface area contributed by atoms with Crippen LogP contribution in [0, 0.1) is 0 Å². The Balaban J connectivity index is 1.94. The Bertz CT molecular complexity index is 578. The number of hydrogen-bond acceptors (Lipinski definition) is 3. The monoisotopic (exact) mass is 254 g/mol. The number of benzene rings is 1. The number of nitrogens with one attached hydrogen (secondary N) is 1. The van der Waals surface area contributed by atoms with Crippen molar-refractivity contribution in [2.24, 2.45) is 0 Å². The van der Waals surface area contributed by atoms with E-state index < -0.39 is 0 Å². The summed E-state index contributed by atoms with van der Waals surface area (Å²) in [6, 6.07) is 12.8. The van der Waals surface area contributed by atoms with Gasteiger partial charge in [-0.05, 0) is 55.7 Å². The van der Waals surface area contributed by atoms with E-state index in [9.17, 15) is 0 Å². The lowest BCUT2D eigenvalue weighted by atomic mass is 10.0. The Morgan fingerprint density at radius 2 is 1.95 bits per heavy atom. The molecule has 2 aromatic rings. The maximum Gasteiger partial charge on any atom is 0.130 e. The fourth-order valence-corrected chi connectivity index (χ4v) is 2.41. The zero-order valence-electron chi connectivity index (χ0n) is 11.3. The van der Waals surface area contributed by atoms with Gasteiger partial charge in [0.1, 0.15) is 11.6 Å². The molecule has 3 heteroatoms. The summed E-state index contributed by atoms with van der Waals surface area (Å²) in [5.74, 6) is 1.90. The van der Waals surface area contributed by atoms with Crippen molar-refractivity contribution in [1.29, 1.82) is 0 Å². The van der Waals surface area contributed by atoms with Gasteiger partial charge in [-0.2, -0.15) is 0 Å². The van der Waals surface area contributed by atoms with Crippen LogP contribution >= 0.6 is 0 Å². The number of ether oxygens (including phenoxy) is 1. The van der Waals surface area contributed by atoms with Crippen molar-refractivity contribution in [3.05, 3.63) is 42.0 Å². The number of nitrogens with zero attached hydrogens (tertiary/aromatic N) is 1. The van der Waals surface area contributed by atoms with Crippen LogP contribution in [0.25, 0.3) is 11.3 Å². The molecule has 1 aliphatic heterocycles. The molecule has 0 radical (unpaired) electrons. The number of methoxy groups -OCH3 is 1. The first kappa shape index (κ1) is 12.0. The summed E-state index contributed by atoms with van der Waals surface area (Å²) < 4.78 is 5.18. The van der Waals surface area contributed by atoms with Crippen LogP contribution in [0.2, 0.25) is 0 Å². The number of pyridine rings is 1. The molecule has 2 heterocycles. The number of anilines is 1. The lowest BCUT2D eigenvalue weighted by Crippen LogP contribution is -2.22. The average Bonchev–Trinajstić information content (AvgIpc) is 2.46. The molecule has 0 saturated heterocycles. The molecule has 3 rings (SSSR count). The second kappa shape index (κ2) is 4.92. The number of hydrogen-bond donors (Lipinski definition) is 1. The first-order valence-electron chi connectivity index (χ1n) is 6.67. The summed E-state index contributed by atoms with van der Waals surface area (Å²) in [5.41, 5.74) is 3.43. The van der Waals surface area contributed by atoms with E-state index in [4.69, 9.17) is 9.72 Å². The van der Waals surface area contributed by atoms with Crippen LogP contribution in [0.15, 0.2) is 36.4 Å². The standard InChI is InChI=1S/C16H18N2O/c1-11-3-4-13-7-10-15(18-16(13)17-11)12-5-8-14(19-2)9-6-12/h5-11H,3-4H2,1-2H3,(H,17,18)/t11-/m1/s1. The zero-order chi connectivity index (χ0) is 13.2. The molecule has 1 aromatic carbocycles. The van der Waals surface area contributed by atoms with Crippen LogP contribution in [-0.2, 0) is 6.42 Å². The summed E-state index contributed by atoms with van der Waals surface area (Å²) in [6.07, 6.45) is 2.29. The highest BCUT2D eigenvalue weighted by Gasteiger charge is 2.15. The van der Waals surface area contributed by atoms with Crippen molar-refractivity contribution >= 4 is 5.82 Å². The third kappa shape index (κ3) is 2.41. The van der Waals surface area contributed by atoms with Gasteiger partial charge in [-0.1, -0.05) is 6.07 Å². The number of fused-ring (bicyclic) bond motifs is 1. The van der Waals surface area contributed by atoms with Crippen LogP contribution in [0.5, 0.6) is 5.75 Å². The minimum atomic E-state index is 0.506. The predicted molar refractivity (Wildman–Crippen MR) is 77.6 cm³/mol. The molecule has 0 unspecified atom stereocenters. The Kier molecular flexibility index (Phi) is 3.11. The van der Waals surface area contributed by atoms with E-state index in [0.717, 1.165) is 29.2 Å². The quantitative estimate of drug-likeness (QED) is 0.890. The van der Waals surface area contributed by atoms with Crippen molar-refractivity contribution in [3.63, 3.8) is 0 Å². The van der Waals surface area contributed by atoms with Gasteiger partial charge in [-0.3, -0.25) is 0 Å². The van der Waals surface area contributed by atoms with E-state index in [1.54, 1.807) is 7.11 Å². The minimum Gasteiger partial charge on any atom is -0.497 e. The third-order valence-electron chi connectivity index (χ3n) is 3.59. The summed E-state index contributed by atoms with van der Waals surface area (Å²) >= 11 is 0. The Hall–Kier alpha value is -2.03. The lowest BCUT2D eigenvalue weighted by molar-refractivity contribution is 0.415. The molecule has 1 aliphatic rings. The summed E-state index contributed by atoms with van der Waals surface area (Å²) in [7, 11) is 1.68. The topological polar surface area (TPSA) is 34.1 Å². The molecule has 0 spiro atoms. The maximum absolute atomic E-state index is 5.18. The Morgan fingerprint density at radius 3 is 2.68 bits per heavy atom. The molecule has 0 aliphatic carbocycles. The fraction of sp³-hybridized carbons (Fsp3) is 0.312. The van der Waals surface area contributed by atoms with Gasteiger partial charge < -0.3 is 10.1 Å². The van der Waals surface area contributed by atoms with Gasteiger partial charge in [0.25, 0.3) is 0 Å². The molecule has 1 aromatic heterocycles. The second-order valence-corrected chi connectivity index (χ2v) is 5.02. The number of aryl methyl sites for hydroxylation is 1. The SMILES string of the molecule is COc1ccc(-c2ccc3c(n2)N[C@H](C)CC3)cc1. The van der Waals surface area contributed by atoms with E-state index in [1.165, 1.54) is 12.0 Å². The van der Waals surface area contributed by atoms with Crippen molar-refractivity contribution in [2.75, 3.05) is 12.4 Å². The predicted octanol–water partition coefficient (Wildman–Crippen LogP) is 3.50. The van der Waals surface area contributed by atoms with E-state index in [0.29, 0.717) is 6.04 Å². The molecule has 0 bridgehead atoms. The molecular weight excluding hydrogens is 236 g/mol. The summed E-state index contributed by atoms with van der Waals surface area (Å²) in [6.45, 7) is 2.20. The largest absolute Gasteiger partial charge is 0.497 e. The Morgan fingerprint density at radius 1 is 1.16 bits per heavy atom. The smallest absolute Gasteiger partial charge is 0.130 e. The van der Waals surface area contributed by atoms with Gasteiger partial charge in [-0.25, -0.2) is 4.98 Å². The van der Waals surface area contributed by atoms with Gasteiger partial charge in [0.15, 0.2) is 0 Å². The summed E-state index contributed by atoms with van der Waals surface area (Å²) in [4.78, 5) is 4.74. The van der Waals surface area contributed by atoms with Crippen LogP contribution in [-0.4, -0.2) is 18.1 Å². The van der Waals surface area contributed by atoms with Crippen molar-refractivity contribution in [2.45, 2.75) is 25.8 Å². The van der Waals surface area contributed by atoms with Crippen molar-refractivity contribution in [3.8, 4) is 17.0 Å². The molecule has 0 amide bonds. The van der Waals surface area contributed by atoms with Crippen LogP contribution in [0.4, 0.5) is 5.82 Å². The highest BCUT2D eigenvalue weighted by atomic mass is 16.5.